The van der Waals surface area contributed by atoms with Crippen LogP contribution in [0.4, 0.5) is 0 Å². The van der Waals surface area contributed by atoms with E-state index in [2.05, 4.69) is 5.43 Å². The van der Waals surface area contributed by atoms with Crippen molar-refractivity contribution < 1.29 is 4.79 Å². The Balaban J connectivity index is 2.25. The van der Waals surface area contributed by atoms with Crippen molar-refractivity contribution in [1.29, 1.82) is 0 Å². The molecule has 43 valence electrons. The van der Waals surface area contributed by atoms with Crippen molar-refractivity contribution in [1.82, 2.24) is 10.4 Å². The van der Waals surface area contributed by atoms with Crippen LogP contribution in [-0.2, 0) is 4.79 Å². The van der Waals surface area contributed by atoms with Gasteiger partial charge in [0.05, 0.1) is 0 Å². The molecular weight excluding hydrogens is 104 g/mol. The maximum Gasteiger partial charge on any atom is 0.329 e. The second kappa shape index (κ2) is 2.35. The maximum absolute atomic E-state index is 9.65. The predicted molar refractivity (Wildman–Crippen MR) is 29.3 cm³/mol. The Morgan fingerprint density at radius 2 is 2.62 bits per heavy atom. The molecule has 0 saturated heterocycles. The van der Waals surface area contributed by atoms with Gasteiger partial charge in [0, 0.05) is 12.7 Å². The highest BCUT2D eigenvalue weighted by atomic mass is 16.1. The van der Waals surface area contributed by atoms with Crippen LogP contribution in [0.1, 0.15) is 6.42 Å². The van der Waals surface area contributed by atoms with Gasteiger partial charge in [0.15, 0.2) is 0 Å². The summed E-state index contributed by atoms with van der Waals surface area (Å²) in [4.78, 5) is 9.65. The number of rotatable bonds is 2. The summed E-state index contributed by atoms with van der Waals surface area (Å²) in [5, 5.41) is 1.69. The van der Waals surface area contributed by atoms with Gasteiger partial charge in [-0.15, -0.1) is 0 Å². The minimum atomic E-state index is 0.870. The van der Waals surface area contributed by atoms with Crippen LogP contribution < -0.4 is 5.43 Å². The van der Waals surface area contributed by atoms with Gasteiger partial charge >= 0.3 is 6.41 Å². The molecule has 0 fully saturated rings. The Kier molecular flexibility index (Phi) is 1.51. The number of amides is 1. The molecule has 1 rings (SSSR count). The molecule has 1 aliphatic rings. The Morgan fingerprint density at radius 1 is 1.75 bits per heavy atom. The minimum absolute atomic E-state index is 0.870. The van der Waals surface area contributed by atoms with Gasteiger partial charge in [-0.3, -0.25) is 15.2 Å². The number of carbonyl (C=O) groups excluding carboxylic acids is 1. The molecule has 1 amide bonds. The van der Waals surface area contributed by atoms with Crippen LogP contribution in [0.15, 0.2) is 12.3 Å². The van der Waals surface area contributed by atoms with E-state index in [0.29, 0.717) is 0 Å². The number of nitrogens with one attached hydrogen (secondary N) is 1. The molecule has 3 heteroatoms. The molecule has 0 saturated carbocycles. The molecule has 1 radical (unpaired) electrons. The highest BCUT2D eigenvalue weighted by Gasteiger charge is 1.99. The minimum Gasteiger partial charge on any atom is -0.292 e. The van der Waals surface area contributed by atoms with Crippen LogP contribution >= 0.6 is 0 Å². The summed E-state index contributed by atoms with van der Waals surface area (Å²) in [5.41, 5.74) is 2.39. The van der Waals surface area contributed by atoms with Crippen LogP contribution in [-0.4, -0.2) is 18.0 Å². The average molecular weight is 111 g/mol. The first kappa shape index (κ1) is 5.15. The largest absolute Gasteiger partial charge is 0.329 e. The zero-order chi connectivity index (χ0) is 5.82. The molecule has 0 aromatic rings. The molecule has 1 heterocycles. The number of nitrogens with zero attached hydrogens (tertiary/aromatic N) is 1. The third-order valence-electron chi connectivity index (χ3n) is 1.01. The van der Waals surface area contributed by atoms with Crippen molar-refractivity contribution >= 4 is 6.41 Å². The van der Waals surface area contributed by atoms with Gasteiger partial charge in [-0.25, -0.2) is 0 Å². The average Bonchev–Trinajstić information content (AvgIpc) is 2.19. The maximum atomic E-state index is 9.65. The zero-order valence-electron chi connectivity index (χ0n) is 4.42. The molecule has 0 aromatic carbocycles. The highest BCUT2D eigenvalue weighted by Crippen LogP contribution is 1.97. The van der Waals surface area contributed by atoms with Gasteiger partial charge in [-0.1, -0.05) is 6.08 Å². The van der Waals surface area contributed by atoms with E-state index in [0.717, 1.165) is 13.0 Å². The van der Waals surface area contributed by atoms with Crippen molar-refractivity contribution in [3.05, 3.63) is 12.3 Å². The van der Waals surface area contributed by atoms with Crippen molar-refractivity contribution in [3.63, 3.8) is 0 Å². The van der Waals surface area contributed by atoms with Crippen LogP contribution in [0.2, 0.25) is 0 Å². The first-order valence-electron chi connectivity index (χ1n) is 2.49. The Bertz CT molecular complexity index is 111. The number of hydrogen-bond acceptors (Lipinski definition) is 2. The van der Waals surface area contributed by atoms with Gasteiger partial charge in [0.1, 0.15) is 0 Å². The SMILES string of the molecule is O=[C]NN1C=CCC1. The Morgan fingerprint density at radius 3 is 3.12 bits per heavy atom. The summed E-state index contributed by atoms with van der Waals surface area (Å²) < 4.78 is 0. The fourth-order valence-electron chi connectivity index (χ4n) is 0.642. The van der Waals surface area contributed by atoms with E-state index in [9.17, 15) is 4.79 Å². The molecule has 0 bridgehead atoms. The first-order valence-corrected chi connectivity index (χ1v) is 2.49. The van der Waals surface area contributed by atoms with E-state index >= 15 is 0 Å². The lowest BCUT2D eigenvalue weighted by Crippen LogP contribution is -2.29. The monoisotopic (exact) mass is 111 g/mol. The number of hydrogen-bond donors (Lipinski definition) is 1. The van der Waals surface area contributed by atoms with Crippen molar-refractivity contribution in [2.24, 2.45) is 0 Å². The quantitative estimate of drug-likeness (QED) is 0.499. The lowest BCUT2D eigenvalue weighted by atomic mass is 10.5. The second-order valence-electron chi connectivity index (χ2n) is 1.58. The van der Waals surface area contributed by atoms with E-state index in [1.807, 2.05) is 12.3 Å². The molecule has 0 unspecified atom stereocenters. The van der Waals surface area contributed by atoms with Crippen LogP contribution in [0, 0.1) is 0 Å². The fraction of sp³-hybridized carbons (Fsp3) is 0.400. The van der Waals surface area contributed by atoms with Gasteiger partial charge < -0.3 is 0 Å². The lowest BCUT2D eigenvalue weighted by Gasteiger charge is -2.10. The lowest BCUT2D eigenvalue weighted by molar-refractivity contribution is 0.348. The molecule has 1 N–H and O–H groups in total. The van der Waals surface area contributed by atoms with Crippen LogP contribution in [0.25, 0.3) is 0 Å². The smallest absolute Gasteiger partial charge is 0.292 e. The van der Waals surface area contributed by atoms with Gasteiger partial charge in [-0.2, -0.15) is 0 Å². The van der Waals surface area contributed by atoms with Crippen molar-refractivity contribution in [2.75, 3.05) is 6.54 Å². The molecule has 0 aromatic heterocycles. The highest BCUT2D eigenvalue weighted by molar-refractivity contribution is 5.46. The van der Waals surface area contributed by atoms with E-state index in [1.165, 1.54) is 0 Å². The van der Waals surface area contributed by atoms with Crippen LogP contribution in [0.3, 0.4) is 0 Å². The summed E-state index contributed by atoms with van der Waals surface area (Å²) >= 11 is 0. The molecule has 0 spiro atoms. The summed E-state index contributed by atoms with van der Waals surface area (Å²) in [6.07, 6.45) is 6.41. The molecule has 0 aliphatic carbocycles. The van der Waals surface area contributed by atoms with E-state index in [-0.39, 0.29) is 0 Å². The normalized spacial score (nSPS) is 16.8. The first-order chi connectivity index (χ1) is 3.93. The molecule has 0 atom stereocenters. The van der Waals surface area contributed by atoms with E-state index < -0.39 is 0 Å². The number of hydrazine groups is 1. The van der Waals surface area contributed by atoms with E-state index in [4.69, 9.17) is 0 Å². The summed E-state index contributed by atoms with van der Waals surface area (Å²) in [5.74, 6) is 0. The summed E-state index contributed by atoms with van der Waals surface area (Å²) in [6, 6.07) is 0. The van der Waals surface area contributed by atoms with Crippen molar-refractivity contribution in [2.45, 2.75) is 6.42 Å². The predicted octanol–water partition coefficient (Wildman–Crippen LogP) is -0.222. The van der Waals surface area contributed by atoms with E-state index in [1.54, 1.807) is 11.4 Å². The van der Waals surface area contributed by atoms with Gasteiger partial charge in [0.25, 0.3) is 0 Å². The molecule has 8 heavy (non-hydrogen) atoms. The van der Waals surface area contributed by atoms with Gasteiger partial charge in [-0.05, 0) is 6.42 Å². The third kappa shape index (κ3) is 0.992. The molecular formula is C5H7N2O. The third-order valence-corrected chi connectivity index (χ3v) is 1.01. The zero-order valence-corrected chi connectivity index (χ0v) is 4.42. The summed E-state index contributed by atoms with van der Waals surface area (Å²) in [7, 11) is 0. The van der Waals surface area contributed by atoms with Crippen LogP contribution in [0.5, 0.6) is 0 Å². The fourth-order valence-corrected chi connectivity index (χ4v) is 0.642. The topological polar surface area (TPSA) is 32.3 Å². The standard InChI is InChI=1S/C5H7N2O/c8-5-6-7-3-1-2-4-7/h1,3H,2,4H2,(H,6,8). The van der Waals surface area contributed by atoms with Gasteiger partial charge in [0.2, 0.25) is 0 Å². The molecule has 3 nitrogen and oxygen atoms in total. The Labute approximate surface area is 47.9 Å². The second-order valence-corrected chi connectivity index (χ2v) is 1.58. The van der Waals surface area contributed by atoms with Crippen molar-refractivity contribution in [3.8, 4) is 0 Å². The molecule has 1 aliphatic heterocycles. The Hall–Kier alpha value is -0.990. The summed E-state index contributed by atoms with van der Waals surface area (Å²) in [6.45, 7) is 0.870.